The Hall–Kier alpha value is -3.85. The number of anilines is 2. The van der Waals surface area contributed by atoms with Crippen molar-refractivity contribution >= 4 is 22.9 Å². The molecule has 4 aromatic rings. The molecular formula is C26H24F3N5O. The Balaban J connectivity index is 1.45. The van der Waals surface area contributed by atoms with Crippen molar-refractivity contribution in [1.82, 2.24) is 14.3 Å². The number of imidazole rings is 1. The molecule has 180 valence electrons. The van der Waals surface area contributed by atoms with Crippen molar-refractivity contribution in [3.8, 4) is 11.3 Å². The molecule has 1 aliphatic rings. The molecule has 0 spiro atoms. The third-order valence-corrected chi connectivity index (χ3v) is 6.21. The zero-order valence-electron chi connectivity index (χ0n) is 19.1. The number of rotatable bonds is 4. The van der Waals surface area contributed by atoms with Gasteiger partial charge in [-0.1, -0.05) is 30.3 Å². The summed E-state index contributed by atoms with van der Waals surface area (Å²) in [7, 11) is 2.00. The van der Waals surface area contributed by atoms with E-state index in [9.17, 15) is 18.0 Å². The third-order valence-electron chi connectivity index (χ3n) is 6.21. The van der Waals surface area contributed by atoms with Gasteiger partial charge in [-0.05, 0) is 37.4 Å². The van der Waals surface area contributed by atoms with Crippen LogP contribution in [0.5, 0.6) is 0 Å². The van der Waals surface area contributed by atoms with Crippen LogP contribution < -0.4 is 10.2 Å². The molecule has 9 heteroatoms. The number of carbonyl (C=O) groups is 1. The van der Waals surface area contributed by atoms with Crippen LogP contribution in [0.1, 0.15) is 15.9 Å². The fraction of sp³-hybridized carbons (Fsp3) is 0.231. The molecule has 3 heterocycles. The number of halogens is 3. The Morgan fingerprint density at radius 3 is 2.43 bits per heavy atom. The Morgan fingerprint density at radius 1 is 0.971 bits per heavy atom. The maximum absolute atomic E-state index is 13.4. The molecule has 35 heavy (non-hydrogen) atoms. The molecule has 0 bridgehead atoms. The first kappa shape index (κ1) is 22.9. The van der Waals surface area contributed by atoms with Gasteiger partial charge in [0.25, 0.3) is 5.91 Å². The van der Waals surface area contributed by atoms with Crippen LogP contribution in [-0.2, 0) is 6.18 Å². The van der Waals surface area contributed by atoms with Crippen LogP contribution >= 0.6 is 0 Å². The summed E-state index contributed by atoms with van der Waals surface area (Å²) in [5.41, 5.74) is 2.50. The van der Waals surface area contributed by atoms with E-state index in [1.54, 1.807) is 22.7 Å². The lowest BCUT2D eigenvalue weighted by atomic mass is 10.1. The van der Waals surface area contributed by atoms with Gasteiger partial charge >= 0.3 is 6.18 Å². The zero-order chi connectivity index (χ0) is 24.6. The first-order chi connectivity index (χ1) is 16.8. The fourth-order valence-corrected chi connectivity index (χ4v) is 4.20. The van der Waals surface area contributed by atoms with Gasteiger partial charge in [0.2, 0.25) is 0 Å². The lowest BCUT2D eigenvalue weighted by molar-refractivity contribution is -0.137. The van der Waals surface area contributed by atoms with Gasteiger partial charge in [-0.15, -0.1) is 0 Å². The number of hydrogen-bond acceptors (Lipinski definition) is 4. The summed E-state index contributed by atoms with van der Waals surface area (Å²) in [6.07, 6.45) is -0.926. The van der Waals surface area contributed by atoms with E-state index >= 15 is 0 Å². The smallest absolute Gasteiger partial charge is 0.367 e. The van der Waals surface area contributed by atoms with Crippen molar-refractivity contribution in [2.75, 3.05) is 43.4 Å². The number of benzene rings is 2. The predicted molar refractivity (Wildman–Crippen MR) is 130 cm³/mol. The summed E-state index contributed by atoms with van der Waals surface area (Å²) in [6.45, 7) is 2.89. The van der Waals surface area contributed by atoms with Gasteiger partial charge in [0.05, 0.1) is 22.6 Å². The quantitative estimate of drug-likeness (QED) is 0.447. The molecule has 5 rings (SSSR count). The van der Waals surface area contributed by atoms with Gasteiger partial charge in [0.1, 0.15) is 5.65 Å². The molecule has 0 unspecified atom stereocenters. The van der Waals surface area contributed by atoms with E-state index in [2.05, 4.69) is 15.2 Å². The number of pyridine rings is 1. The minimum absolute atomic E-state index is 0.141. The second kappa shape index (κ2) is 9.07. The van der Waals surface area contributed by atoms with E-state index in [0.29, 0.717) is 30.0 Å². The van der Waals surface area contributed by atoms with E-state index < -0.39 is 17.6 Å². The molecule has 0 atom stereocenters. The Morgan fingerprint density at radius 2 is 1.71 bits per heavy atom. The largest absolute Gasteiger partial charge is 0.416 e. The van der Waals surface area contributed by atoms with Gasteiger partial charge in [0, 0.05) is 49.7 Å². The monoisotopic (exact) mass is 479 g/mol. The van der Waals surface area contributed by atoms with E-state index in [1.807, 2.05) is 48.5 Å². The van der Waals surface area contributed by atoms with Gasteiger partial charge in [0.15, 0.2) is 0 Å². The van der Waals surface area contributed by atoms with E-state index in [-0.39, 0.29) is 5.69 Å². The number of likely N-dealkylation sites (N-methyl/N-ethyl adjacent to an activating group) is 1. The minimum atomic E-state index is -4.51. The lowest BCUT2D eigenvalue weighted by Gasteiger charge is -2.35. The molecule has 1 amide bonds. The molecule has 2 aromatic carbocycles. The number of carbonyl (C=O) groups excluding carboxylic acids is 1. The van der Waals surface area contributed by atoms with Crippen molar-refractivity contribution in [2.24, 2.45) is 0 Å². The Kier molecular flexibility index (Phi) is 5.94. The van der Waals surface area contributed by atoms with Crippen molar-refractivity contribution in [3.05, 3.63) is 84.2 Å². The maximum Gasteiger partial charge on any atom is 0.416 e. The molecular weight excluding hydrogens is 455 g/mol. The first-order valence-electron chi connectivity index (χ1n) is 11.3. The number of piperazine rings is 1. The molecule has 0 aliphatic carbocycles. The number of hydrogen-bond donors (Lipinski definition) is 1. The van der Waals surface area contributed by atoms with Crippen molar-refractivity contribution < 1.29 is 18.0 Å². The second-order valence-electron chi connectivity index (χ2n) is 8.65. The Bertz CT molecular complexity index is 1360. The lowest BCUT2D eigenvalue weighted by Crippen LogP contribution is -2.44. The normalized spacial score (nSPS) is 14.9. The van der Waals surface area contributed by atoms with Crippen LogP contribution in [-0.4, -0.2) is 53.4 Å². The highest BCUT2D eigenvalue weighted by Crippen LogP contribution is 2.36. The summed E-state index contributed by atoms with van der Waals surface area (Å²) in [5, 5.41) is 2.72. The average molecular weight is 480 g/mol. The molecule has 1 aliphatic heterocycles. The number of nitrogens with one attached hydrogen (secondary N) is 1. The third kappa shape index (κ3) is 4.85. The second-order valence-corrected chi connectivity index (χ2v) is 8.65. The molecule has 1 saturated heterocycles. The number of fused-ring (bicyclic) bond motifs is 1. The first-order valence-corrected chi connectivity index (χ1v) is 11.3. The van der Waals surface area contributed by atoms with Gasteiger partial charge < -0.3 is 19.5 Å². The molecule has 0 radical (unpaired) electrons. The van der Waals surface area contributed by atoms with Gasteiger partial charge in [-0.25, -0.2) is 4.98 Å². The summed E-state index contributed by atoms with van der Waals surface area (Å²) in [5.74, 6) is -0.494. The minimum Gasteiger partial charge on any atom is -0.367 e. The highest BCUT2D eigenvalue weighted by molar-refractivity contribution is 6.06. The number of nitrogens with zero attached hydrogens (tertiary/aromatic N) is 4. The van der Waals surface area contributed by atoms with Crippen molar-refractivity contribution in [1.29, 1.82) is 0 Å². The highest BCUT2D eigenvalue weighted by Gasteiger charge is 2.32. The number of aromatic nitrogens is 2. The molecule has 1 N–H and O–H groups in total. The van der Waals surface area contributed by atoms with Gasteiger partial charge in [-0.3, -0.25) is 4.79 Å². The predicted octanol–water partition coefficient (Wildman–Crippen LogP) is 5.02. The van der Waals surface area contributed by atoms with E-state index in [4.69, 9.17) is 0 Å². The fourth-order valence-electron chi connectivity index (χ4n) is 4.20. The molecule has 0 saturated carbocycles. The van der Waals surface area contributed by atoms with Crippen LogP contribution in [0.3, 0.4) is 0 Å². The zero-order valence-corrected chi connectivity index (χ0v) is 19.1. The van der Waals surface area contributed by atoms with Crippen LogP contribution in [0.4, 0.5) is 24.5 Å². The SMILES string of the molecule is CN1CCN(c2ccc(C(F)(F)F)cc2NC(=O)c2ccn3cc(-c4ccccc4)nc3c2)CC1. The van der Waals surface area contributed by atoms with E-state index in [1.165, 1.54) is 6.07 Å². The number of amides is 1. The van der Waals surface area contributed by atoms with Crippen molar-refractivity contribution in [3.63, 3.8) is 0 Å². The van der Waals surface area contributed by atoms with Crippen LogP contribution in [0.25, 0.3) is 16.9 Å². The summed E-state index contributed by atoms with van der Waals surface area (Å²) < 4.78 is 42.1. The highest BCUT2D eigenvalue weighted by atomic mass is 19.4. The maximum atomic E-state index is 13.4. The van der Waals surface area contributed by atoms with Crippen LogP contribution in [0.15, 0.2) is 73.1 Å². The molecule has 2 aromatic heterocycles. The van der Waals surface area contributed by atoms with E-state index in [0.717, 1.165) is 36.5 Å². The topological polar surface area (TPSA) is 52.9 Å². The van der Waals surface area contributed by atoms with Gasteiger partial charge in [-0.2, -0.15) is 13.2 Å². The van der Waals surface area contributed by atoms with Crippen molar-refractivity contribution in [2.45, 2.75) is 6.18 Å². The average Bonchev–Trinajstić information content (AvgIpc) is 3.28. The summed E-state index contributed by atoms with van der Waals surface area (Å²) in [4.78, 5) is 21.9. The molecule has 1 fully saturated rings. The number of alkyl halides is 3. The van der Waals surface area contributed by atoms with Crippen LogP contribution in [0, 0.1) is 0 Å². The van der Waals surface area contributed by atoms with Crippen LogP contribution in [0.2, 0.25) is 0 Å². The summed E-state index contributed by atoms with van der Waals surface area (Å²) in [6, 6.07) is 16.4. The Labute approximate surface area is 200 Å². The standard InChI is InChI=1S/C26H24F3N5O/c1-32-11-13-33(14-12-32)23-8-7-20(26(27,28)29)16-21(23)31-25(35)19-9-10-34-17-22(30-24(34)15-19)18-5-3-2-4-6-18/h2-10,15-17H,11-14H2,1H3,(H,31,35). The molecule has 6 nitrogen and oxygen atoms in total. The summed E-state index contributed by atoms with van der Waals surface area (Å²) >= 11 is 0.